The van der Waals surface area contributed by atoms with Gasteiger partial charge in [0.15, 0.2) is 0 Å². The van der Waals surface area contributed by atoms with Crippen LogP contribution >= 0.6 is 0 Å². The van der Waals surface area contributed by atoms with E-state index in [1.807, 2.05) is 0 Å². The Morgan fingerprint density at radius 3 is 2.60 bits per heavy atom. The van der Waals surface area contributed by atoms with E-state index in [1.165, 1.54) is 41.2 Å². The first-order valence-corrected chi connectivity index (χ1v) is 10.7. The van der Waals surface area contributed by atoms with Gasteiger partial charge in [-0.3, -0.25) is 0 Å². The minimum absolute atomic E-state index is 0.158. The summed E-state index contributed by atoms with van der Waals surface area (Å²) in [5.74, 6) is 7.74. The Morgan fingerprint density at radius 1 is 1.03 bits per heavy atom. The van der Waals surface area contributed by atoms with Gasteiger partial charge in [0.2, 0.25) is 0 Å². The summed E-state index contributed by atoms with van der Waals surface area (Å²) in [6.07, 6.45) is 5.84. The lowest BCUT2D eigenvalue weighted by Crippen LogP contribution is -2.20. The van der Waals surface area contributed by atoms with Gasteiger partial charge in [0, 0.05) is 11.5 Å². The first kappa shape index (κ1) is 20.4. The number of halogens is 2. The van der Waals surface area contributed by atoms with E-state index in [4.69, 9.17) is 0 Å². The summed E-state index contributed by atoms with van der Waals surface area (Å²) in [5.41, 5.74) is 3.60. The number of rotatable bonds is 5. The fourth-order valence-corrected chi connectivity index (χ4v) is 4.53. The molecule has 3 aromatic carbocycles. The van der Waals surface area contributed by atoms with Crippen molar-refractivity contribution in [1.29, 1.82) is 0 Å². The molecule has 0 radical (unpaired) electrons. The van der Waals surface area contributed by atoms with Crippen molar-refractivity contribution in [2.24, 2.45) is 5.92 Å². The monoisotopic (exact) mass is 404 g/mol. The van der Waals surface area contributed by atoms with E-state index in [9.17, 15) is 8.78 Å². The fraction of sp³-hybridized carbons (Fsp3) is 0.333. The molecule has 3 aromatic rings. The number of unbranched alkanes of at least 4 members (excludes halogenated alkanes) is 1. The topological polar surface area (TPSA) is 9.23 Å². The molecule has 0 N–H and O–H groups in total. The Balaban J connectivity index is 1.67. The van der Waals surface area contributed by atoms with Crippen LogP contribution in [0.5, 0.6) is 5.75 Å². The zero-order chi connectivity index (χ0) is 20.9. The quantitative estimate of drug-likeness (QED) is 0.405. The zero-order valence-electron chi connectivity index (χ0n) is 17.2. The third kappa shape index (κ3) is 4.49. The van der Waals surface area contributed by atoms with Crippen LogP contribution in [0, 0.1) is 17.8 Å². The fourth-order valence-electron chi connectivity index (χ4n) is 4.53. The second-order valence-electron chi connectivity index (χ2n) is 7.95. The normalized spacial score (nSPS) is 18.0. The highest BCUT2D eigenvalue weighted by Crippen LogP contribution is 2.41. The van der Waals surface area contributed by atoms with E-state index < -0.39 is 6.61 Å². The van der Waals surface area contributed by atoms with Crippen LogP contribution in [0.3, 0.4) is 0 Å². The molecule has 0 amide bonds. The summed E-state index contributed by atoms with van der Waals surface area (Å²) >= 11 is 0. The van der Waals surface area contributed by atoms with E-state index in [1.54, 1.807) is 24.3 Å². The molecule has 0 heterocycles. The van der Waals surface area contributed by atoms with Crippen LogP contribution in [0.15, 0.2) is 60.7 Å². The van der Waals surface area contributed by atoms with E-state index in [0.29, 0.717) is 5.92 Å². The Bertz CT molecular complexity index is 1060. The Labute approximate surface area is 177 Å². The van der Waals surface area contributed by atoms with Gasteiger partial charge < -0.3 is 4.74 Å². The van der Waals surface area contributed by atoms with Crippen LogP contribution in [-0.2, 0) is 6.42 Å². The second kappa shape index (κ2) is 9.30. The minimum Gasteiger partial charge on any atom is -0.435 e. The molecule has 4 rings (SSSR count). The number of benzene rings is 3. The Hall–Kier alpha value is -2.86. The predicted molar refractivity (Wildman–Crippen MR) is 118 cm³/mol. The van der Waals surface area contributed by atoms with Crippen molar-refractivity contribution in [3.8, 4) is 17.6 Å². The lowest BCUT2D eigenvalue weighted by atomic mass is 9.72. The molecule has 0 fully saturated rings. The molecule has 1 aliphatic rings. The maximum absolute atomic E-state index is 12.4. The smallest absolute Gasteiger partial charge is 0.387 e. The molecule has 30 heavy (non-hydrogen) atoms. The molecule has 0 saturated heterocycles. The van der Waals surface area contributed by atoms with Crippen LogP contribution in [0.1, 0.15) is 55.2 Å². The number of ether oxygens (including phenoxy) is 1. The van der Waals surface area contributed by atoms with Crippen LogP contribution in [-0.4, -0.2) is 6.61 Å². The molecule has 1 aliphatic carbocycles. The van der Waals surface area contributed by atoms with Crippen molar-refractivity contribution < 1.29 is 13.5 Å². The number of aryl methyl sites for hydroxylation is 1. The van der Waals surface area contributed by atoms with Gasteiger partial charge in [-0.25, -0.2) is 0 Å². The third-order valence-corrected chi connectivity index (χ3v) is 6.03. The minimum atomic E-state index is -2.81. The molecule has 2 atom stereocenters. The second-order valence-corrected chi connectivity index (χ2v) is 7.95. The van der Waals surface area contributed by atoms with Crippen LogP contribution < -0.4 is 4.74 Å². The van der Waals surface area contributed by atoms with Gasteiger partial charge in [0.1, 0.15) is 5.75 Å². The summed E-state index contributed by atoms with van der Waals surface area (Å²) in [7, 11) is 0. The van der Waals surface area contributed by atoms with E-state index in [0.717, 1.165) is 18.4 Å². The third-order valence-electron chi connectivity index (χ3n) is 6.03. The summed E-state index contributed by atoms with van der Waals surface area (Å²) < 4.78 is 29.1. The van der Waals surface area contributed by atoms with Crippen molar-refractivity contribution in [3.05, 3.63) is 77.4 Å². The van der Waals surface area contributed by atoms with Crippen LogP contribution in [0.25, 0.3) is 10.8 Å². The summed E-state index contributed by atoms with van der Waals surface area (Å²) in [4.78, 5) is 0. The highest BCUT2D eigenvalue weighted by molar-refractivity contribution is 5.87. The summed E-state index contributed by atoms with van der Waals surface area (Å²) in [5, 5.41) is 2.62. The highest BCUT2D eigenvalue weighted by Gasteiger charge is 2.28. The molecular weight excluding hydrogens is 378 g/mol. The van der Waals surface area contributed by atoms with Gasteiger partial charge in [-0.1, -0.05) is 68.0 Å². The van der Waals surface area contributed by atoms with Gasteiger partial charge in [0.25, 0.3) is 0 Å². The number of hydrogen-bond acceptors (Lipinski definition) is 1. The Morgan fingerprint density at radius 2 is 1.83 bits per heavy atom. The van der Waals surface area contributed by atoms with E-state index >= 15 is 0 Å². The molecule has 154 valence electrons. The van der Waals surface area contributed by atoms with Gasteiger partial charge in [0.05, 0.1) is 0 Å². The maximum atomic E-state index is 12.4. The zero-order valence-corrected chi connectivity index (χ0v) is 17.2. The molecule has 0 bridgehead atoms. The van der Waals surface area contributed by atoms with Crippen molar-refractivity contribution in [2.45, 2.75) is 51.6 Å². The molecule has 0 aliphatic heterocycles. The van der Waals surface area contributed by atoms with Gasteiger partial charge >= 0.3 is 6.61 Å². The maximum Gasteiger partial charge on any atom is 0.387 e. The van der Waals surface area contributed by atoms with Crippen molar-refractivity contribution in [3.63, 3.8) is 0 Å². The molecule has 0 saturated carbocycles. The van der Waals surface area contributed by atoms with Gasteiger partial charge in [-0.15, -0.1) is 0 Å². The molecule has 1 nitrogen and oxygen atoms in total. The number of alkyl halides is 2. The van der Waals surface area contributed by atoms with E-state index in [2.05, 4.69) is 59.9 Å². The molecule has 0 spiro atoms. The van der Waals surface area contributed by atoms with Gasteiger partial charge in [-0.05, 0) is 71.3 Å². The predicted octanol–water partition coefficient (Wildman–Crippen LogP) is 7.33. The largest absolute Gasteiger partial charge is 0.435 e. The van der Waals surface area contributed by atoms with Gasteiger partial charge in [-0.2, -0.15) is 8.78 Å². The summed E-state index contributed by atoms with van der Waals surface area (Å²) in [6, 6.07) is 19.6. The van der Waals surface area contributed by atoms with Crippen molar-refractivity contribution >= 4 is 10.8 Å². The highest BCUT2D eigenvalue weighted by atomic mass is 19.3. The van der Waals surface area contributed by atoms with Crippen LogP contribution in [0.4, 0.5) is 8.78 Å². The standard InChI is InChI=1S/C27H26F2O/c1-2-3-6-20-12-17-25-23-8-5-4-7-21(23)13-18-26(25)24(20)16-11-19-9-14-22(15-10-19)30-27(28)29/h4-5,7-10,13-15,18,20,24,27H,2-3,6,12,17H2,1H3/t20-,24+/m1/s1. The number of fused-ring (bicyclic) bond motifs is 3. The molecule has 3 heteroatoms. The average molecular weight is 405 g/mol. The SMILES string of the molecule is CCCC[C@@H]1CCc2c(ccc3ccccc23)[C@H]1C#Cc1ccc(OC(F)F)cc1. The molecule has 0 aromatic heterocycles. The lowest BCUT2D eigenvalue weighted by molar-refractivity contribution is -0.0498. The Kier molecular flexibility index (Phi) is 6.33. The van der Waals surface area contributed by atoms with Crippen LogP contribution in [0.2, 0.25) is 0 Å². The molecule has 0 unspecified atom stereocenters. The molecular formula is C27H26F2O. The number of hydrogen-bond donors (Lipinski definition) is 0. The van der Waals surface area contributed by atoms with Crippen molar-refractivity contribution in [1.82, 2.24) is 0 Å². The van der Waals surface area contributed by atoms with Crippen molar-refractivity contribution in [2.75, 3.05) is 0 Å². The first-order chi connectivity index (χ1) is 14.7. The first-order valence-electron chi connectivity index (χ1n) is 10.7. The van der Waals surface area contributed by atoms with E-state index in [-0.39, 0.29) is 11.7 Å². The summed E-state index contributed by atoms with van der Waals surface area (Å²) in [6.45, 7) is -0.580. The lowest BCUT2D eigenvalue weighted by Gasteiger charge is -2.31. The average Bonchev–Trinajstić information content (AvgIpc) is 2.76.